The topological polar surface area (TPSA) is 71.2 Å². The minimum atomic E-state index is -0.492. The van der Waals surface area contributed by atoms with Crippen LogP contribution in [0.25, 0.3) is 0 Å². The highest BCUT2D eigenvalue weighted by molar-refractivity contribution is 7.07. The number of aromatic nitrogens is 1. The molecule has 0 unspecified atom stereocenters. The number of thiazole rings is 1. The average Bonchev–Trinajstić information content (AvgIpc) is 2.93. The maximum Gasteiger partial charge on any atom is 0.225 e. The summed E-state index contributed by atoms with van der Waals surface area (Å²) >= 11 is 1.54. The molecule has 1 aromatic carbocycles. The van der Waals surface area contributed by atoms with E-state index in [-0.39, 0.29) is 18.0 Å². The number of halogens is 1. The van der Waals surface area contributed by atoms with Crippen molar-refractivity contribution in [2.24, 2.45) is 0 Å². The molecule has 0 bridgehead atoms. The summed E-state index contributed by atoms with van der Waals surface area (Å²) < 4.78 is 13.5. The Bertz CT molecular complexity index is 603. The van der Waals surface area contributed by atoms with Gasteiger partial charge >= 0.3 is 0 Å². The standard InChI is InChI=1S/C14H17FN4OS/c1-19(7-11-8-21-9-17-11)5-4-14(20)18-13-6-10(16)2-3-12(13)15/h2-3,6,8-9H,4-5,7,16H2,1H3,(H,18,20). The normalized spacial score (nSPS) is 10.8. The monoisotopic (exact) mass is 308 g/mol. The van der Waals surface area contributed by atoms with Gasteiger partial charge in [-0.2, -0.15) is 0 Å². The van der Waals surface area contributed by atoms with E-state index in [0.29, 0.717) is 18.8 Å². The molecule has 3 N–H and O–H groups in total. The van der Waals surface area contributed by atoms with E-state index in [4.69, 9.17) is 5.73 Å². The van der Waals surface area contributed by atoms with Crippen LogP contribution in [0.5, 0.6) is 0 Å². The predicted molar refractivity (Wildman–Crippen MR) is 82.5 cm³/mol. The van der Waals surface area contributed by atoms with E-state index in [1.165, 1.54) is 18.2 Å². The minimum Gasteiger partial charge on any atom is -0.399 e. The summed E-state index contributed by atoms with van der Waals surface area (Å²) in [5.41, 5.74) is 8.84. The molecule has 0 atom stereocenters. The Morgan fingerprint density at radius 2 is 2.33 bits per heavy atom. The molecule has 0 saturated carbocycles. The van der Waals surface area contributed by atoms with Gasteiger partial charge < -0.3 is 16.0 Å². The summed E-state index contributed by atoms with van der Waals surface area (Å²) in [4.78, 5) is 18.0. The van der Waals surface area contributed by atoms with Gasteiger partial charge in [0.05, 0.1) is 16.9 Å². The number of amides is 1. The largest absolute Gasteiger partial charge is 0.399 e. The second kappa shape index (κ2) is 7.14. The molecule has 1 heterocycles. The SMILES string of the molecule is CN(CCC(=O)Nc1cc(N)ccc1F)Cc1cscn1. The maximum atomic E-state index is 13.5. The molecule has 5 nitrogen and oxygen atoms in total. The first kappa shape index (κ1) is 15.4. The van der Waals surface area contributed by atoms with Crippen LogP contribution in [0.3, 0.4) is 0 Å². The number of carbonyl (C=O) groups is 1. The van der Waals surface area contributed by atoms with Crippen molar-refractivity contribution in [3.05, 3.63) is 40.6 Å². The van der Waals surface area contributed by atoms with Crippen LogP contribution in [0, 0.1) is 5.82 Å². The Kier molecular flexibility index (Phi) is 5.24. The molecule has 2 aromatic rings. The second-order valence-electron chi connectivity index (χ2n) is 4.76. The molecule has 0 radical (unpaired) electrons. The lowest BCUT2D eigenvalue weighted by atomic mass is 10.2. The molecule has 0 saturated heterocycles. The molecule has 7 heteroatoms. The maximum absolute atomic E-state index is 13.5. The van der Waals surface area contributed by atoms with Crippen LogP contribution in [0.2, 0.25) is 0 Å². The average molecular weight is 308 g/mol. The molecule has 0 fully saturated rings. The molecular formula is C14H17FN4OS. The van der Waals surface area contributed by atoms with E-state index in [0.717, 1.165) is 5.69 Å². The van der Waals surface area contributed by atoms with Crippen LogP contribution in [0.1, 0.15) is 12.1 Å². The summed E-state index contributed by atoms with van der Waals surface area (Å²) in [5, 5.41) is 4.50. The molecular weight excluding hydrogens is 291 g/mol. The van der Waals surface area contributed by atoms with Gasteiger partial charge in [0.1, 0.15) is 5.82 Å². The zero-order valence-electron chi connectivity index (χ0n) is 11.7. The smallest absolute Gasteiger partial charge is 0.225 e. The van der Waals surface area contributed by atoms with Gasteiger partial charge in [0, 0.05) is 30.6 Å². The Labute approximate surface area is 126 Å². The highest BCUT2D eigenvalue weighted by Crippen LogP contribution is 2.17. The molecule has 0 spiro atoms. The van der Waals surface area contributed by atoms with Crippen molar-refractivity contribution in [1.29, 1.82) is 0 Å². The van der Waals surface area contributed by atoms with Gasteiger partial charge in [0.15, 0.2) is 0 Å². The third-order valence-electron chi connectivity index (χ3n) is 2.90. The number of nitrogens with two attached hydrogens (primary N) is 1. The van der Waals surface area contributed by atoms with Crippen molar-refractivity contribution in [3.8, 4) is 0 Å². The highest BCUT2D eigenvalue weighted by Gasteiger charge is 2.09. The van der Waals surface area contributed by atoms with Crippen LogP contribution in [-0.2, 0) is 11.3 Å². The quantitative estimate of drug-likeness (QED) is 0.804. The third kappa shape index (κ3) is 4.80. The number of nitrogens with zero attached hydrogens (tertiary/aromatic N) is 2. The number of anilines is 2. The molecule has 1 amide bonds. The number of nitrogens with one attached hydrogen (secondary N) is 1. The molecule has 1 aromatic heterocycles. The number of hydrogen-bond donors (Lipinski definition) is 2. The van der Waals surface area contributed by atoms with Crippen LogP contribution < -0.4 is 11.1 Å². The fraction of sp³-hybridized carbons (Fsp3) is 0.286. The summed E-state index contributed by atoms with van der Waals surface area (Å²) in [6.45, 7) is 1.25. The van der Waals surface area contributed by atoms with Crippen molar-refractivity contribution >= 4 is 28.6 Å². The minimum absolute atomic E-state index is 0.113. The van der Waals surface area contributed by atoms with Gasteiger partial charge in [-0.1, -0.05) is 0 Å². The van der Waals surface area contributed by atoms with Crippen LogP contribution in [-0.4, -0.2) is 29.4 Å². The van der Waals surface area contributed by atoms with Crippen molar-refractivity contribution in [3.63, 3.8) is 0 Å². The first-order valence-corrected chi connectivity index (χ1v) is 7.39. The number of nitrogen functional groups attached to an aromatic ring is 1. The first-order chi connectivity index (χ1) is 10.0. The molecule has 112 valence electrons. The van der Waals surface area contributed by atoms with Gasteiger partial charge in [0.25, 0.3) is 0 Å². The van der Waals surface area contributed by atoms with Crippen molar-refractivity contribution in [1.82, 2.24) is 9.88 Å². The third-order valence-corrected chi connectivity index (χ3v) is 3.54. The van der Waals surface area contributed by atoms with E-state index in [1.807, 2.05) is 17.3 Å². The zero-order chi connectivity index (χ0) is 15.2. The van der Waals surface area contributed by atoms with E-state index >= 15 is 0 Å². The van der Waals surface area contributed by atoms with Gasteiger partial charge in [-0.15, -0.1) is 11.3 Å². The van der Waals surface area contributed by atoms with Crippen molar-refractivity contribution in [2.45, 2.75) is 13.0 Å². The Balaban J connectivity index is 1.80. The van der Waals surface area contributed by atoms with Crippen LogP contribution in [0.15, 0.2) is 29.1 Å². The van der Waals surface area contributed by atoms with E-state index in [2.05, 4.69) is 10.3 Å². The van der Waals surface area contributed by atoms with E-state index in [9.17, 15) is 9.18 Å². The van der Waals surface area contributed by atoms with E-state index in [1.54, 1.807) is 16.8 Å². The van der Waals surface area contributed by atoms with Gasteiger partial charge in [0.2, 0.25) is 5.91 Å². The fourth-order valence-electron chi connectivity index (χ4n) is 1.82. The number of carbonyl (C=O) groups excluding carboxylic acids is 1. The lowest BCUT2D eigenvalue weighted by Gasteiger charge is -2.15. The Hall–Kier alpha value is -1.99. The lowest BCUT2D eigenvalue weighted by molar-refractivity contribution is -0.116. The molecule has 0 aliphatic heterocycles. The lowest BCUT2D eigenvalue weighted by Crippen LogP contribution is -2.24. The van der Waals surface area contributed by atoms with Gasteiger partial charge in [-0.05, 0) is 25.2 Å². The van der Waals surface area contributed by atoms with Crippen molar-refractivity contribution < 1.29 is 9.18 Å². The first-order valence-electron chi connectivity index (χ1n) is 6.45. The second-order valence-corrected chi connectivity index (χ2v) is 5.47. The Morgan fingerprint density at radius 3 is 3.05 bits per heavy atom. The molecule has 0 aliphatic carbocycles. The van der Waals surface area contributed by atoms with E-state index < -0.39 is 5.82 Å². The Morgan fingerprint density at radius 1 is 1.52 bits per heavy atom. The zero-order valence-corrected chi connectivity index (χ0v) is 12.5. The van der Waals surface area contributed by atoms with Crippen LogP contribution in [0.4, 0.5) is 15.8 Å². The van der Waals surface area contributed by atoms with Gasteiger partial charge in [-0.25, -0.2) is 9.37 Å². The van der Waals surface area contributed by atoms with Gasteiger partial charge in [-0.3, -0.25) is 4.79 Å². The summed E-state index contributed by atoms with van der Waals surface area (Å²) in [5.74, 6) is -0.738. The molecule has 2 rings (SSSR count). The highest BCUT2D eigenvalue weighted by atomic mass is 32.1. The predicted octanol–water partition coefficient (Wildman–Crippen LogP) is 2.33. The fourth-order valence-corrected chi connectivity index (χ4v) is 2.36. The summed E-state index contributed by atoms with van der Waals surface area (Å²) in [6.07, 6.45) is 0.273. The molecule has 0 aliphatic rings. The molecule has 21 heavy (non-hydrogen) atoms. The number of rotatable bonds is 6. The van der Waals surface area contributed by atoms with Crippen LogP contribution >= 0.6 is 11.3 Å². The number of hydrogen-bond acceptors (Lipinski definition) is 5. The number of benzene rings is 1. The summed E-state index contributed by atoms with van der Waals surface area (Å²) in [6, 6.07) is 4.10. The van der Waals surface area contributed by atoms with Crippen molar-refractivity contribution in [2.75, 3.05) is 24.6 Å². The summed E-state index contributed by atoms with van der Waals surface area (Å²) in [7, 11) is 1.91.